The van der Waals surface area contributed by atoms with Crippen molar-refractivity contribution >= 4 is 29.1 Å². The van der Waals surface area contributed by atoms with Crippen LogP contribution < -0.4 is 10.2 Å². The Bertz CT molecular complexity index is 918. The molecule has 3 rings (SSSR count). The summed E-state index contributed by atoms with van der Waals surface area (Å²) in [5.41, 5.74) is 3.16. The first-order valence-electron chi connectivity index (χ1n) is 9.50. The molecule has 2 aromatic rings. The fraction of sp³-hybridized carbons (Fsp3) is 0.318. The average molecular weight is 395 g/mol. The molecule has 0 unspecified atom stereocenters. The fourth-order valence-corrected chi connectivity index (χ4v) is 3.09. The summed E-state index contributed by atoms with van der Waals surface area (Å²) < 4.78 is 5.30. The van der Waals surface area contributed by atoms with Gasteiger partial charge in [-0.3, -0.25) is 14.4 Å². The average Bonchev–Trinajstić information content (AvgIpc) is 2.74. The first-order chi connectivity index (χ1) is 13.9. The summed E-state index contributed by atoms with van der Waals surface area (Å²) >= 11 is 0. The van der Waals surface area contributed by atoms with Gasteiger partial charge in [0.2, 0.25) is 5.91 Å². The molecule has 1 fully saturated rings. The SMILES string of the molecule is CC(=O)N(C)c1ccc(C(=O)Nc2ccc(C)c(C(=O)N3CCOCC3)c2)cc1. The van der Waals surface area contributed by atoms with Gasteiger partial charge in [-0.15, -0.1) is 0 Å². The largest absolute Gasteiger partial charge is 0.378 e. The van der Waals surface area contributed by atoms with E-state index in [0.717, 1.165) is 5.56 Å². The number of carbonyl (C=O) groups excluding carboxylic acids is 3. The van der Waals surface area contributed by atoms with Crippen LogP contribution in [0.3, 0.4) is 0 Å². The Hall–Kier alpha value is -3.19. The van der Waals surface area contributed by atoms with Crippen LogP contribution in [0.25, 0.3) is 0 Å². The molecule has 1 saturated heterocycles. The number of morpholine rings is 1. The van der Waals surface area contributed by atoms with Crippen LogP contribution >= 0.6 is 0 Å². The molecule has 29 heavy (non-hydrogen) atoms. The number of benzene rings is 2. The standard InChI is InChI=1S/C22H25N3O4/c1-15-4-7-18(14-20(15)22(28)25-10-12-29-13-11-25)23-21(27)17-5-8-19(9-6-17)24(3)16(2)26/h4-9,14H,10-13H2,1-3H3,(H,23,27). The number of hydrogen-bond acceptors (Lipinski definition) is 4. The molecule has 0 spiro atoms. The predicted octanol–water partition coefficient (Wildman–Crippen LogP) is 2.70. The lowest BCUT2D eigenvalue weighted by Crippen LogP contribution is -2.41. The summed E-state index contributed by atoms with van der Waals surface area (Å²) in [4.78, 5) is 40.1. The van der Waals surface area contributed by atoms with E-state index in [0.29, 0.717) is 48.8 Å². The van der Waals surface area contributed by atoms with Gasteiger partial charge in [0.05, 0.1) is 13.2 Å². The molecule has 1 N–H and O–H groups in total. The van der Waals surface area contributed by atoms with E-state index >= 15 is 0 Å². The third-order valence-corrected chi connectivity index (χ3v) is 5.01. The summed E-state index contributed by atoms with van der Waals surface area (Å²) in [5.74, 6) is -0.423. The second-order valence-electron chi connectivity index (χ2n) is 7.01. The predicted molar refractivity (Wildman–Crippen MR) is 111 cm³/mol. The quantitative estimate of drug-likeness (QED) is 0.863. The van der Waals surface area contributed by atoms with E-state index in [2.05, 4.69) is 5.32 Å². The number of carbonyl (C=O) groups is 3. The number of rotatable bonds is 4. The zero-order valence-electron chi connectivity index (χ0n) is 16.9. The van der Waals surface area contributed by atoms with Crippen molar-refractivity contribution in [2.24, 2.45) is 0 Å². The van der Waals surface area contributed by atoms with Gasteiger partial charge in [0.15, 0.2) is 0 Å². The van der Waals surface area contributed by atoms with Crippen molar-refractivity contribution in [3.05, 3.63) is 59.2 Å². The summed E-state index contributed by atoms with van der Waals surface area (Å²) in [7, 11) is 1.68. The molecule has 2 aromatic carbocycles. The Kier molecular flexibility index (Phi) is 6.29. The molecular weight excluding hydrogens is 370 g/mol. The zero-order valence-corrected chi connectivity index (χ0v) is 16.9. The van der Waals surface area contributed by atoms with E-state index in [9.17, 15) is 14.4 Å². The van der Waals surface area contributed by atoms with Crippen molar-refractivity contribution in [3.63, 3.8) is 0 Å². The lowest BCUT2D eigenvalue weighted by atomic mass is 10.1. The van der Waals surface area contributed by atoms with Crippen molar-refractivity contribution in [2.75, 3.05) is 43.6 Å². The third kappa shape index (κ3) is 4.81. The second-order valence-corrected chi connectivity index (χ2v) is 7.01. The van der Waals surface area contributed by atoms with E-state index in [1.807, 2.05) is 13.0 Å². The number of nitrogens with one attached hydrogen (secondary N) is 1. The summed E-state index contributed by atoms with van der Waals surface area (Å²) in [6, 6.07) is 12.1. The Morgan fingerprint density at radius 3 is 2.31 bits per heavy atom. The Morgan fingerprint density at radius 2 is 1.69 bits per heavy atom. The Labute approximate surface area is 170 Å². The minimum atomic E-state index is -0.282. The number of hydrogen-bond donors (Lipinski definition) is 1. The maximum Gasteiger partial charge on any atom is 0.255 e. The van der Waals surface area contributed by atoms with Gasteiger partial charge in [0.25, 0.3) is 11.8 Å². The van der Waals surface area contributed by atoms with E-state index in [1.54, 1.807) is 48.3 Å². The van der Waals surface area contributed by atoms with Gasteiger partial charge in [0.1, 0.15) is 0 Å². The number of amides is 3. The summed E-state index contributed by atoms with van der Waals surface area (Å²) in [5, 5.41) is 2.84. The van der Waals surface area contributed by atoms with Crippen molar-refractivity contribution < 1.29 is 19.1 Å². The Balaban J connectivity index is 1.73. The first kappa shape index (κ1) is 20.5. The molecule has 0 bridgehead atoms. The van der Waals surface area contributed by atoms with Crippen molar-refractivity contribution in [3.8, 4) is 0 Å². The molecule has 7 heteroatoms. The van der Waals surface area contributed by atoms with Gasteiger partial charge in [-0.25, -0.2) is 0 Å². The maximum atomic E-state index is 12.8. The van der Waals surface area contributed by atoms with Gasteiger partial charge < -0.3 is 19.9 Å². The molecule has 3 amide bonds. The highest BCUT2D eigenvalue weighted by Crippen LogP contribution is 2.20. The van der Waals surface area contributed by atoms with Gasteiger partial charge in [-0.2, -0.15) is 0 Å². The van der Waals surface area contributed by atoms with E-state index in [-0.39, 0.29) is 17.7 Å². The maximum absolute atomic E-state index is 12.8. The molecule has 1 heterocycles. The van der Waals surface area contributed by atoms with Crippen molar-refractivity contribution in [1.82, 2.24) is 4.90 Å². The van der Waals surface area contributed by atoms with Gasteiger partial charge in [0, 0.05) is 49.6 Å². The second kappa shape index (κ2) is 8.87. The number of aryl methyl sites for hydroxylation is 1. The molecule has 7 nitrogen and oxygen atoms in total. The van der Waals surface area contributed by atoms with Crippen LogP contribution in [-0.2, 0) is 9.53 Å². The topological polar surface area (TPSA) is 79.0 Å². The summed E-state index contributed by atoms with van der Waals surface area (Å²) in [6.45, 7) is 5.56. The molecular formula is C22H25N3O4. The molecule has 0 atom stereocenters. The van der Waals surface area contributed by atoms with Crippen LogP contribution in [0.5, 0.6) is 0 Å². The van der Waals surface area contributed by atoms with Crippen LogP contribution in [0.4, 0.5) is 11.4 Å². The molecule has 0 radical (unpaired) electrons. The minimum Gasteiger partial charge on any atom is -0.378 e. The molecule has 0 saturated carbocycles. The van der Waals surface area contributed by atoms with Gasteiger partial charge in [-0.05, 0) is 48.9 Å². The van der Waals surface area contributed by atoms with Crippen LogP contribution in [0.15, 0.2) is 42.5 Å². The highest BCUT2D eigenvalue weighted by atomic mass is 16.5. The van der Waals surface area contributed by atoms with Crippen molar-refractivity contribution in [1.29, 1.82) is 0 Å². The normalized spacial score (nSPS) is 13.7. The van der Waals surface area contributed by atoms with Crippen molar-refractivity contribution in [2.45, 2.75) is 13.8 Å². The lowest BCUT2D eigenvalue weighted by molar-refractivity contribution is -0.116. The smallest absolute Gasteiger partial charge is 0.255 e. The highest BCUT2D eigenvalue weighted by Gasteiger charge is 2.20. The molecule has 152 valence electrons. The number of nitrogens with zero attached hydrogens (tertiary/aromatic N) is 2. The number of ether oxygens (including phenoxy) is 1. The monoisotopic (exact) mass is 395 g/mol. The van der Waals surface area contributed by atoms with E-state index < -0.39 is 0 Å². The molecule has 1 aliphatic rings. The van der Waals surface area contributed by atoms with E-state index in [1.165, 1.54) is 11.8 Å². The lowest BCUT2D eigenvalue weighted by Gasteiger charge is -2.27. The molecule has 0 aliphatic carbocycles. The van der Waals surface area contributed by atoms with E-state index in [4.69, 9.17) is 4.74 Å². The van der Waals surface area contributed by atoms with Crippen LogP contribution in [0, 0.1) is 6.92 Å². The van der Waals surface area contributed by atoms with Crippen LogP contribution in [0.2, 0.25) is 0 Å². The van der Waals surface area contributed by atoms with Gasteiger partial charge >= 0.3 is 0 Å². The molecule has 1 aliphatic heterocycles. The minimum absolute atomic E-state index is 0.0569. The van der Waals surface area contributed by atoms with Crippen LogP contribution in [0.1, 0.15) is 33.2 Å². The Morgan fingerprint density at radius 1 is 1.03 bits per heavy atom. The fourth-order valence-electron chi connectivity index (χ4n) is 3.09. The molecule has 0 aromatic heterocycles. The van der Waals surface area contributed by atoms with Crippen LogP contribution in [-0.4, -0.2) is 56.0 Å². The van der Waals surface area contributed by atoms with Gasteiger partial charge in [-0.1, -0.05) is 6.07 Å². The number of anilines is 2. The highest BCUT2D eigenvalue weighted by molar-refractivity contribution is 6.05. The third-order valence-electron chi connectivity index (χ3n) is 5.01. The zero-order chi connectivity index (χ0) is 21.0. The summed E-state index contributed by atoms with van der Waals surface area (Å²) in [6.07, 6.45) is 0. The first-order valence-corrected chi connectivity index (χ1v) is 9.50.